The lowest BCUT2D eigenvalue weighted by Gasteiger charge is -2.13. The molecule has 2 N–H and O–H groups in total. The highest BCUT2D eigenvalue weighted by atomic mass is 32.1. The number of thiophene rings is 1. The Balaban J connectivity index is 1.77. The van der Waals surface area contributed by atoms with Crippen LogP contribution in [0.3, 0.4) is 0 Å². The number of aliphatic carboxylic acids is 1. The van der Waals surface area contributed by atoms with E-state index in [1.54, 1.807) is 10.6 Å². The van der Waals surface area contributed by atoms with E-state index in [0.29, 0.717) is 5.52 Å². The van der Waals surface area contributed by atoms with Crippen LogP contribution in [0.2, 0.25) is 0 Å². The summed E-state index contributed by atoms with van der Waals surface area (Å²) in [4.78, 5) is 23.7. The quantitative estimate of drug-likeness (QED) is 0.288. The van der Waals surface area contributed by atoms with Gasteiger partial charge in [0.25, 0.3) is 0 Å². The smallest absolute Gasteiger partial charge is 0.345 e. The van der Waals surface area contributed by atoms with Gasteiger partial charge in [0.2, 0.25) is 0 Å². The predicted octanol–water partition coefficient (Wildman–Crippen LogP) is 6.80. The Labute approximate surface area is 200 Å². The molecule has 0 atom stereocenters. The zero-order chi connectivity index (χ0) is 23.8. The van der Waals surface area contributed by atoms with E-state index >= 15 is 0 Å². The molecule has 0 spiro atoms. The first kappa shape index (κ1) is 21.7. The minimum absolute atomic E-state index is 0.183. The van der Waals surface area contributed by atoms with Gasteiger partial charge in [-0.25, -0.2) is 4.79 Å². The molecule has 0 bridgehead atoms. The Kier molecular flexibility index (Phi) is 5.51. The average molecular weight is 468 g/mol. The Bertz CT molecular complexity index is 1530. The van der Waals surface area contributed by atoms with Gasteiger partial charge in [-0.15, -0.1) is 11.3 Å². The molecule has 0 fully saturated rings. The van der Waals surface area contributed by atoms with E-state index < -0.39 is 11.9 Å². The minimum atomic E-state index is -1.02. The van der Waals surface area contributed by atoms with Crippen LogP contribution in [-0.2, 0) is 11.3 Å². The number of hydrogen-bond acceptors (Lipinski definition) is 3. The standard InChI is InChI=1S/C28H21NO4S/c1-17-7-5-6-10-21(17)18-11-13-20(14-12-18)26-25(19-8-3-2-4-9-19)27-22(29(26)16-24(30)31)15-23(34-27)28(32)33/h2-15H,16H2,1H3,(H,30,31)(H,32,33). The number of nitrogens with zero attached hydrogens (tertiary/aromatic N) is 1. The second-order valence-corrected chi connectivity index (χ2v) is 9.14. The maximum Gasteiger partial charge on any atom is 0.345 e. The van der Waals surface area contributed by atoms with Crippen LogP contribution >= 0.6 is 11.3 Å². The van der Waals surface area contributed by atoms with Gasteiger partial charge >= 0.3 is 11.9 Å². The van der Waals surface area contributed by atoms with Crippen molar-refractivity contribution in [3.8, 4) is 33.5 Å². The largest absolute Gasteiger partial charge is 0.480 e. The van der Waals surface area contributed by atoms with Gasteiger partial charge in [0.05, 0.1) is 15.9 Å². The maximum atomic E-state index is 11.8. The fourth-order valence-electron chi connectivity index (χ4n) is 4.41. The number of aryl methyl sites for hydroxylation is 1. The number of aromatic nitrogens is 1. The molecule has 0 aliphatic rings. The molecule has 0 aliphatic heterocycles. The van der Waals surface area contributed by atoms with Crippen LogP contribution in [0.4, 0.5) is 0 Å². The lowest BCUT2D eigenvalue weighted by molar-refractivity contribution is -0.137. The zero-order valence-corrected chi connectivity index (χ0v) is 19.2. The number of benzene rings is 3. The van der Waals surface area contributed by atoms with Gasteiger partial charge in [0.1, 0.15) is 11.4 Å². The maximum absolute atomic E-state index is 11.8. The molecule has 3 aromatic carbocycles. The summed E-state index contributed by atoms with van der Waals surface area (Å²) in [6.45, 7) is 1.80. The normalized spacial score (nSPS) is 11.1. The predicted molar refractivity (Wildman–Crippen MR) is 135 cm³/mol. The number of carbonyl (C=O) groups is 2. The van der Waals surface area contributed by atoms with Gasteiger partial charge in [-0.1, -0.05) is 78.9 Å². The summed E-state index contributed by atoms with van der Waals surface area (Å²) in [5, 5.41) is 19.3. The summed E-state index contributed by atoms with van der Waals surface area (Å²) in [5.41, 5.74) is 7.41. The van der Waals surface area contributed by atoms with Gasteiger partial charge < -0.3 is 14.8 Å². The number of rotatable bonds is 6. The van der Waals surface area contributed by atoms with E-state index in [0.717, 1.165) is 38.2 Å². The molecule has 2 heterocycles. The van der Waals surface area contributed by atoms with Crippen LogP contribution in [0.15, 0.2) is 84.9 Å². The Hall–Kier alpha value is -4.16. The number of carboxylic acid groups (broad SMARTS) is 2. The highest BCUT2D eigenvalue weighted by Crippen LogP contribution is 2.45. The van der Waals surface area contributed by atoms with Crippen molar-refractivity contribution in [3.05, 3.63) is 95.4 Å². The van der Waals surface area contributed by atoms with Crippen LogP contribution in [0.25, 0.3) is 43.7 Å². The molecule has 168 valence electrons. The van der Waals surface area contributed by atoms with Crippen LogP contribution in [0.5, 0.6) is 0 Å². The number of hydrogen-bond donors (Lipinski definition) is 2. The second kappa shape index (κ2) is 8.65. The molecule has 5 rings (SSSR count). The molecule has 0 saturated carbocycles. The molecule has 5 aromatic rings. The van der Waals surface area contributed by atoms with E-state index in [-0.39, 0.29) is 11.4 Å². The highest BCUT2D eigenvalue weighted by molar-refractivity contribution is 7.21. The van der Waals surface area contributed by atoms with Crippen molar-refractivity contribution in [3.63, 3.8) is 0 Å². The molecule has 0 aliphatic carbocycles. The molecular formula is C28H21NO4S. The third kappa shape index (κ3) is 3.78. The number of carboxylic acids is 2. The van der Waals surface area contributed by atoms with Crippen molar-refractivity contribution >= 4 is 33.5 Å². The van der Waals surface area contributed by atoms with Crippen molar-refractivity contribution < 1.29 is 19.8 Å². The fourth-order valence-corrected chi connectivity index (χ4v) is 5.47. The first-order chi connectivity index (χ1) is 16.4. The monoisotopic (exact) mass is 467 g/mol. The Morgan fingerprint density at radius 1 is 0.824 bits per heavy atom. The topological polar surface area (TPSA) is 79.5 Å². The van der Waals surface area contributed by atoms with Crippen molar-refractivity contribution in [1.29, 1.82) is 0 Å². The summed E-state index contributed by atoms with van der Waals surface area (Å²) in [6, 6.07) is 27.5. The first-order valence-corrected chi connectivity index (χ1v) is 11.6. The van der Waals surface area contributed by atoms with Gasteiger partial charge in [-0.05, 0) is 40.8 Å². The Morgan fingerprint density at radius 3 is 2.12 bits per heavy atom. The third-order valence-corrected chi connectivity index (χ3v) is 7.05. The van der Waals surface area contributed by atoms with E-state index in [1.807, 2.05) is 66.7 Å². The van der Waals surface area contributed by atoms with E-state index in [4.69, 9.17) is 0 Å². The number of aromatic carboxylic acids is 1. The Morgan fingerprint density at radius 2 is 1.47 bits per heavy atom. The van der Waals surface area contributed by atoms with Crippen molar-refractivity contribution in [2.45, 2.75) is 13.5 Å². The van der Waals surface area contributed by atoms with Gasteiger partial charge in [-0.3, -0.25) is 4.79 Å². The van der Waals surface area contributed by atoms with Crippen LogP contribution in [-0.4, -0.2) is 26.7 Å². The van der Waals surface area contributed by atoms with Gasteiger partial charge in [0.15, 0.2) is 0 Å². The molecule has 34 heavy (non-hydrogen) atoms. The highest BCUT2D eigenvalue weighted by Gasteiger charge is 2.25. The SMILES string of the molecule is Cc1ccccc1-c1ccc(-c2c(-c3ccccc3)c3sc(C(=O)O)cc3n2CC(=O)O)cc1. The molecular weight excluding hydrogens is 446 g/mol. The molecule has 0 amide bonds. The summed E-state index contributed by atoms with van der Waals surface area (Å²) < 4.78 is 2.48. The third-order valence-electron chi connectivity index (χ3n) is 5.92. The van der Waals surface area contributed by atoms with E-state index in [9.17, 15) is 19.8 Å². The zero-order valence-electron chi connectivity index (χ0n) is 18.4. The fraction of sp³-hybridized carbons (Fsp3) is 0.0714. The number of fused-ring (bicyclic) bond motifs is 1. The van der Waals surface area contributed by atoms with Crippen molar-refractivity contribution in [2.24, 2.45) is 0 Å². The van der Waals surface area contributed by atoms with Crippen molar-refractivity contribution in [1.82, 2.24) is 4.57 Å². The van der Waals surface area contributed by atoms with E-state index in [2.05, 4.69) is 19.1 Å². The van der Waals surface area contributed by atoms with Crippen LogP contribution in [0, 0.1) is 6.92 Å². The second-order valence-electron chi connectivity index (χ2n) is 8.09. The average Bonchev–Trinajstić information content (AvgIpc) is 3.38. The molecule has 6 heteroatoms. The molecule has 0 saturated heterocycles. The summed E-state index contributed by atoms with van der Waals surface area (Å²) >= 11 is 1.17. The minimum Gasteiger partial charge on any atom is -0.480 e. The summed E-state index contributed by atoms with van der Waals surface area (Å²) in [7, 11) is 0. The summed E-state index contributed by atoms with van der Waals surface area (Å²) in [6.07, 6.45) is 0. The summed E-state index contributed by atoms with van der Waals surface area (Å²) in [5.74, 6) is -2.01. The molecule has 5 nitrogen and oxygen atoms in total. The molecule has 2 aromatic heterocycles. The molecule has 0 radical (unpaired) electrons. The lowest BCUT2D eigenvalue weighted by atomic mass is 9.97. The van der Waals surface area contributed by atoms with E-state index in [1.165, 1.54) is 16.9 Å². The van der Waals surface area contributed by atoms with Gasteiger partial charge in [-0.2, -0.15) is 0 Å². The first-order valence-electron chi connectivity index (χ1n) is 10.8. The van der Waals surface area contributed by atoms with Crippen molar-refractivity contribution in [2.75, 3.05) is 0 Å². The molecule has 0 unspecified atom stereocenters. The van der Waals surface area contributed by atoms with Gasteiger partial charge in [0, 0.05) is 5.56 Å². The van der Waals surface area contributed by atoms with Crippen LogP contribution < -0.4 is 0 Å². The lowest BCUT2D eigenvalue weighted by Crippen LogP contribution is -2.10. The van der Waals surface area contributed by atoms with Crippen LogP contribution in [0.1, 0.15) is 15.2 Å².